The average molecular weight is 322 g/mol. The van der Waals surface area contributed by atoms with Gasteiger partial charge in [0.05, 0.1) is 11.2 Å². The van der Waals surface area contributed by atoms with Gasteiger partial charge >= 0.3 is 0 Å². The number of fused-ring (bicyclic) bond motifs is 1. The van der Waals surface area contributed by atoms with Gasteiger partial charge in [0.25, 0.3) is 0 Å². The van der Waals surface area contributed by atoms with Gasteiger partial charge in [-0.2, -0.15) is 0 Å². The Balaban J connectivity index is 1.72. The lowest BCUT2D eigenvalue weighted by atomic mass is 10.0. The largest absolute Gasteiger partial charge is 0.361 e. The lowest BCUT2D eigenvalue weighted by molar-refractivity contribution is -0.171. The highest BCUT2D eigenvalue weighted by molar-refractivity contribution is 6.00. The molecule has 0 radical (unpaired) electrons. The molecule has 4 rings (SSSR count). The number of ether oxygens (including phenoxy) is 1. The van der Waals surface area contributed by atoms with E-state index in [0.29, 0.717) is 13.0 Å². The van der Waals surface area contributed by atoms with Gasteiger partial charge in [-0.05, 0) is 24.6 Å². The first kappa shape index (κ1) is 14.8. The first-order valence-electron chi connectivity index (χ1n) is 8.06. The van der Waals surface area contributed by atoms with Gasteiger partial charge in [0.1, 0.15) is 11.6 Å². The monoisotopic (exact) mass is 322 g/mol. The van der Waals surface area contributed by atoms with E-state index in [1.165, 1.54) is 0 Å². The lowest BCUT2D eigenvalue weighted by Crippen LogP contribution is -2.35. The summed E-state index contributed by atoms with van der Waals surface area (Å²) in [6.07, 6.45) is 0.190. The maximum atomic E-state index is 5.73. The van der Waals surface area contributed by atoms with Gasteiger partial charge < -0.3 is 9.57 Å². The molecule has 0 saturated carbocycles. The molecular weight excluding hydrogens is 304 g/mol. The zero-order valence-electron chi connectivity index (χ0n) is 13.4. The first-order chi connectivity index (χ1) is 11.9. The topological polar surface area (TPSA) is 61.5 Å². The summed E-state index contributed by atoms with van der Waals surface area (Å²) < 4.78 is 7.62. The summed E-state index contributed by atoms with van der Waals surface area (Å²) in [4.78, 5) is 5.65. The van der Waals surface area contributed by atoms with Crippen molar-refractivity contribution in [2.45, 2.75) is 25.7 Å². The second kappa shape index (κ2) is 6.41. The van der Waals surface area contributed by atoms with Gasteiger partial charge in [-0.15, -0.1) is 5.10 Å². The van der Waals surface area contributed by atoms with Crippen LogP contribution in [0.2, 0.25) is 0 Å². The van der Waals surface area contributed by atoms with Gasteiger partial charge in [-0.3, -0.25) is 0 Å². The fourth-order valence-corrected chi connectivity index (χ4v) is 2.96. The first-order valence-corrected chi connectivity index (χ1v) is 8.06. The molecule has 0 aliphatic carbocycles. The SMILES string of the molecule is CCO[C@H]1ON=C(c2ccccc2)C[C@@H]1n1nnc2ccccc21. The number of hydrogen-bond donors (Lipinski definition) is 0. The van der Waals surface area contributed by atoms with Crippen molar-refractivity contribution in [3.63, 3.8) is 0 Å². The van der Waals surface area contributed by atoms with Gasteiger partial charge in [-0.1, -0.05) is 52.8 Å². The standard InChI is InChI=1S/C18H18N4O2/c1-2-23-18-17(22-16-11-7-6-10-14(16)19-21-22)12-15(20-24-18)13-8-4-3-5-9-13/h3-11,17-18H,2,12H2,1H3/t17-,18-/m0/s1. The molecule has 0 spiro atoms. The number of para-hydroxylation sites is 1. The molecule has 6 heteroatoms. The lowest BCUT2D eigenvalue weighted by Gasteiger charge is -2.29. The Kier molecular flexibility index (Phi) is 3.96. The van der Waals surface area contributed by atoms with Crippen LogP contribution in [-0.2, 0) is 9.57 Å². The number of nitrogens with zero attached hydrogens (tertiary/aromatic N) is 4. The van der Waals surface area contributed by atoms with E-state index in [4.69, 9.17) is 9.57 Å². The molecule has 0 saturated heterocycles. The molecule has 6 nitrogen and oxygen atoms in total. The van der Waals surface area contributed by atoms with E-state index in [0.717, 1.165) is 22.3 Å². The summed E-state index contributed by atoms with van der Waals surface area (Å²) in [5.74, 6) is 0. The van der Waals surface area contributed by atoms with Crippen LogP contribution in [-0.4, -0.2) is 33.6 Å². The zero-order chi connectivity index (χ0) is 16.4. The van der Waals surface area contributed by atoms with Gasteiger partial charge in [0, 0.05) is 13.0 Å². The van der Waals surface area contributed by atoms with Crippen molar-refractivity contribution < 1.29 is 9.57 Å². The van der Waals surface area contributed by atoms with Gasteiger partial charge in [0.15, 0.2) is 0 Å². The van der Waals surface area contributed by atoms with E-state index >= 15 is 0 Å². The summed E-state index contributed by atoms with van der Waals surface area (Å²) in [6, 6.07) is 17.8. The highest BCUT2D eigenvalue weighted by Crippen LogP contribution is 2.29. The molecular formula is C18H18N4O2. The van der Waals surface area contributed by atoms with Crippen LogP contribution in [0.4, 0.5) is 0 Å². The quantitative estimate of drug-likeness (QED) is 0.740. The normalized spacial score (nSPS) is 20.6. The highest BCUT2D eigenvalue weighted by atomic mass is 16.8. The van der Waals surface area contributed by atoms with E-state index in [1.54, 1.807) is 0 Å². The minimum absolute atomic E-state index is 0.120. The van der Waals surface area contributed by atoms with Gasteiger partial charge in [-0.25, -0.2) is 4.68 Å². The van der Waals surface area contributed by atoms with Crippen LogP contribution >= 0.6 is 0 Å². The molecule has 1 aliphatic heterocycles. The van der Waals surface area contributed by atoms with E-state index in [2.05, 4.69) is 15.5 Å². The van der Waals surface area contributed by atoms with Crippen molar-refractivity contribution in [3.8, 4) is 0 Å². The molecule has 24 heavy (non-hydrogen) atoms. The van der Waals surface area contributed by atoms with Crippen LogP contribution in [0, 0.1) is 0 Å². The van der Waals surface area contributed by atoms with E-state index < -0.39 is 6.29 Å². The second-order valence-electron chi connectivity index (χ2n) is 5.63. The van der Waals surface area contributed by atoms with Crippen molar-refractivity contribution in [2.24, 2.45) is 5.16 Å². The molecule has 2 heterocycles. The van der Waals surface area contributed by atoms with Crippen molar-refractivity contribution in [3.05, 3.63) is 60.2 Å². The fourth-order valence-electron chi connectivity index (χ4n) is 2.96. The summed E-state index contributed by atoms with van der Waals surface area (Å²) in [5.41, 5.74) is 3.75. The van der Waals surface area contributed by atoms with Crippen molar-refractivity contribution in [2.75, 3.05) is 6.61 Å². The third kappa shape index (κ3) is 2.65. The third-order valence-corrected chi connectivity index (χ3v) is 4.11. The number of rotatable bonds is 4. The molecule has 1 aliphatic rings. The maximum absolute atomic E-state index is 5.73. The van der Waals surface area contributed by atoms with Crippen LogP contribution in [0.5, 0.6) is 0 Å². The van der Waals surface area contributed by atoms with Crippen molar-refractivity contribution in [1.29, 1.82) is 0 Å². The Morgan fingerprint density at radius 1 is 1.12 bits per heavy atom. The molecule has 1 aromatic heterocycles. The Morgan fingerprint density at radius 3 is 2.75 bits per heavy atom. The molecule has 3 aromatic rings. The second-order valence-corrected chi connectivity index (χ2v) is 5.63. The van der Waals surface area contributed by atoms with E-state index in [9.17, 15) is 0 Å². The molecule has 122 valence electrons. The van der Waals surface area contributed by atoms with Crippen LogP contribution in [0.25, 0.3) is 11.0 Å². The predicted octanol–water partition coefficient (Wildman–Crippen LogP) is 3.16. The summed E-state index contributed by atoms with van der Waals surface area (Å²) in [7, 11) is 0. The average Bonchev–Trinajstić information content (AvgIpc) is 3.07. The fraction of sp³-hybridized carbons (Fsp3) is 0.278. The van der Waals surface area contributed by atoms with Crippen molar-refractivity contribution in [1.82, 2.24) is 15.0 Å². The third-order valence-electron chi connectivity index (χ3n) is 4.11. The zero-order valence-corrected chi connectivity index (χ0v) is 13.4. The minimum Gasteiger partial charge on any atom is -0.361 e. The molecule has 2 atom stereocenters. The highest BCUT2D eigenvalue weighted by Gasteiger charge is 2.33. The Labute approximate surface area is 139 Å². The van der Waals surface area contributed by atoms with E-state index in [1.807, 2.05) is 66.2 Å². The van der Waals surface area contributed by atoms with Gasteiger partial charge in [0.2, 0.25) is 6.29 Å². The smallest absolute Gasteiger partial charge is 0.249 e. The van der Waals surface area contributed by atoms with Crippen LogP contribution in [0.15, 0.2) is 59.8 Å². The van der Waals surface area contributed by atoms with Crippen LogP contribution in [0.1, 0.15) is 24.9 Å². The predicted molar refractivity (Wildman–Crippen MR) is 90.7 cm³/mol. The number of aromatic nitrogens is 3. The Bertz CT molecular complexity index is 860. The summed E-state index contributed by atoms with van der Waals surface area (Å²) in [5, 5.41) is 12.8. The number of oxime groups is 1. The number of benzene rings is 2. The minimum atomic E-state index is -0.479. The van der Waals surface area contributed by atoms with E-state index in [-0.39, 0.29) is 6.04 Å². The molecule has 2 aromatic carbocycles. The summed E-state index contributed by atoms with van der Waals surface area (Å²) in [6.45, 7) is 2.49. The Morgan fingerprint density at radius 2 is 1.92 bits per heavy atom. The number of hydrogen-bond acceptors (Lipinski definition) is 5. The molecule has 0 N–H and O–H groups in total. The summed E-state index contributed by atoms with van der Waals surface area (Å²) >= 11 is 0. The van der Waals surface area contributed by atoms with Crippen LogP contribution in [0.3, 0.4) is 0 Å². The Hall–Kier alpha value is -2.73. The van der Waals surface area contributed by atoms with Crippen LogP contribution < -0.4 is 0 Å². The molecule has 0 fully saturated rings. The molecule has 0 unspecified atom stereocenters. The molecule has 0 bridgehead atoms. The van der Waals surface area contributed by atoms with Crippen molar-refractivity contribution >= 4 is 16.7 Å². The molecule has 0 amide bonds. The maximum Gasteiger partial charge on any atom is 0.249 e.